The molecule has 1 saturated heterocycles. The van der Waals surface area contributed by atoms with E-state index < -0.39 is 0 Å². The lowest BCUT2D eigenvalue weighted by atomic mass is 10.2. The average Bonchev–Trinajstić information content (AvgIpc) is 3.27. The van der Waals surface area contributed by atoms with Gasteiger partial charge in [-0.05, 0) is 37.9 Å². The Morgan fingerprint density at radius 2 is 2.17 bits per heavy atom. The van der Waals surface area contributed by atoms with Gasteiger partial charge in [0.05, 0.1) is 0 Å². The largest absolute Gasteiger partial charge is 0.484 e. The molecule has 2 fully saturated rings. The Balaban J connectivity index is 1.51. The molecule has 6 heteroatoms. The van der Waals surface area contributed by atoms with Gasteiger partial charge in [0, 0.05) is 37.3 Å². The minimum atomic E-state index is -0.0360. The summed E-state index contributed by atoms with van der Waals surface area (Å²) in [5.41, 5.74) is 0.709. The number of amides is 2. The Morgan fingerprint density at radius 3 is 2.87 bits per heavy atom. The minimum Gasteiger partial charge on any atom is -0.484 e. The number of likely N-dealkylation sites (N-methyl/N-ethyl adjacent to an activating group) is 1. The Labute approximate surface area is 136 Å². The van der Waals surface area contributed by atoms with E-state index in [9.17, 15) is 9.59 Å². The lowest BCUT2D eigenvalue weighted by Crippen LogP contribution is -2.40. The van der Waals surface area contributed by atoms with Crippen LogP contribution in [0.3, 0.4) is 0 Å². The third-order valence-electron chi connectivity index (χ3n) is 4.39. The number of rotatable bonds is 6. The van der Waals surface area contributed by atoms with Crippen molar-refractivity contribution in [2.75, 3.05) is 32.1 Å². The summed E-state index contributed by atoms with van der Waals surface area (Å²) in [6, 6.07) is 7.43. The highest BCUT2D eigenvalue weighted by Crippen LogP contribution is 2.30. The molecular formula is C17H23N3O3. The number of carbonyl (C=O) groups excluding carboxylic acids is 2. The molecule has 0 bridgehead atoms. The number of carbonyl (C=O) groups is 2. The number of ether oxygens (including phenoxy) is 1. The molecule has 0 radical (unpaired) electrons. The Bertz CT molecular complexity index is 580. The summed E-state index contributed by atoms with van der Waals surface area (Å²) in [6.45, 7) is 1.80. The quantitative estimate of drug-likeness (QED) is 0.828. The maximum absolute atomic E-state index is 12.2. The number of anilines is 1. The van der Waals surface area contributed by atoms with Gasteiger partial charge in [-0.15, -0.1) is 0 Å². The van der Waals surface area contributed by atoms with Crippen LogP contribution in [0.15, 0.2) is 24.3 Å². The van der Waals surface area contributed by atoms with Gasteiger partial charge in [-0.3, -0.25) is 9.59 Å². The summed E-state index contributed by atoms with van der Waals surface area (Å²) >= 11 is 0. The van der Waals surface area contributed by atoms with E-state index in [1.165, 1.54) is 0 Å². The van der Waals surface area contributed by atoms with Gasteiger partial charge < -0.3 is 20.3 Å². The maximum Gasteiger partial charge on any atom is 0.260 e. The summed E-state index contributed by atoms with van der Waals surface area (Å²) < 4.78 is 5.58. The highest BCUT2D eigenvalue weighted by atomic mass is 16.5. The molecule has 2 aliphatic rings. The molecule has 23 heavy (non-hydrogen) atoms. The Kier molecular flexibility index (Phi) is 4.81. The van der Waals surface area contributed by atoms with Crippen molar-refractivity contribution in [3.05, 3.63) is 24.3 Å². The highest BCUT2D eigenvalue weighted by Gasteiger charge is 2.29. The van der Waals surface area contributed by atoms with Gasteiger partial charge in [0.1, 0.15) is 5.75 Å². The molecule has 3 rings (SSSR count). The predicted molar refractivity (Wildman–Crippen MR) is 87.3 cm³/mol. The van der Waals surface area contributed by atoms with Crippen LogP contribution in [0, 0.1) is 5.92 Å². The second-order valence-corrected chi connectivity index (χ2v) is 6.23. The summed E-state index contributed by atoms with van der Waals surface area (Å²) in [5.74, 6) is 0.775. The first-order chi connectivity index (χ1) is 11.1. The van der Waals surface area contributed by atoms with Crippen LogP contribution in [0.4, 0.5) is 5.69 Å². The summed E-state index contributed by atoms with van der Waals surface area (Å²) in [5, 5.41) is 6.12. The molecule has 124 valence electrons. The lowest BCUT2D eigenvalue weighted by Gasteiger charge is -2.23. The van der Waals surface area contributed by atoms with E-state index in [0.29, 0.717) is 11.4 Å². The van der Waals surface area contributed by atoms with Crippen molar-refractivity contribution in [1.29, 1.82) is 0 Å². The average molecular weight is 317 g/mol. The fourth-order valence-electron chi connectivity index (χ4n) is 2.67. The van der Waals surface area contributed by atoms with Crippen LogP contribution in [0.1, 0.15) is 19.3 Å². The van der Waals surface area contributed by atoms with Crippen LogP contribution >= 0.6 is 0 Å². The van der Waals surface area contributed by atoms with Crippen LogP contribution in [-0.4, -0.2) is 49.5 Å². The van der Waals surface area contributed by atoms with Gasteiger partial charge in [0.15, 0.2) is 6.61 Å². The third-order valence-corrected chi connectivity index (χ3v) is 4.39. The topological polar surface area (TPSA) is 70.7 Å². The van der Waals surface area contributed by atoms with Crippen molar-refractivity contribution in [3.8, 4) is 5.75 Å². The molecule has 1 aromatic carbocycles. The summed E-state index contributed by atoms with van der Waals surface area (Å²) in [6.07, 6.45) is 2.92. The van der Waals surface area contributed by atoms with Gasteiger partial charge in [-0.2, -0.15) is 0 Å². The first kappa shape index (κ1) is 15.8. The molecular weight excluding hydrogens is 294 g/mol. The lowest BCUT2D eigenvalue weighted by molar-refractivity contribution is -0.133. The van der Waals surface area contributed by atoms with Crippen molar-refractivity contribution >= 4 is 17.5 Å². The number of nitrogens with zero attached hydrogens (tertiary/aromatic N) is 1. The summed E-state index contributed by atoms with van der Waals surface area (Å²) in [4.78, 5) is 25.7. The van der Waals surface area contributed by atoms with Gasteiger partial charge >= 0.3 is 0 Å². The number of hydrogen-bond donors (Lipinski definition) is 2. The number of benzene rings is 1. The van der Waals surface area contributed by atoms with Gasteiger partial charge in [-0.1, -0.05) is 6.07 Å². The van der Waals surface area contributed by atoms with E-state index in [1.807, 2.05) is 19.2 Å². The Hall–Kier alpha value is -2.08. The monoisotopic (exact) mass is 317 g/mol. The normalized spacial score (nSPS) is 20.1. The van der Waals surface area contributed by atoms with Crippen LogP contribution in [0.5, 0.6) is 5.75 Å². The Morgan fingerprint density at radius 1 is 1.35 bits per heavy atom. The van der Waals surface area contributed by atoms with E-state index in [2.05, 4.69) is 10.6 Å². The van der Waals surface area contributed by atoms with Crippen LogP contribution in [-0.2, 0) is 9.59 Å². The van der Waals surface area contributed by atoms with Gasteiger partial charge in [-0.25, -0.2) is 0 Å². The van der Waals surface area contributed by atoms with Crippen LogP contribution in [0.25, 0.3) is 0 Å². The second kappa shape index (κ2) is 7.00. The fraction of sp³-hybridized carbons (Fsp3) is 0.529. The standard InChI is InChI=1S/C17H23N3O3/c1-20(14-7-8-18-10-14)16(21)11-23-15-4-2-3-13(9-15)19-17(22)12-5-6-12/h2-4,9,12,14,18H,5-8,10-11H2,1H3,(H,19,22). The molecule has 1 aliphatic carbocycles. The molecule has 0 spiro atoms. The SMILES string of the molecule is CN(C(=O)COc1cccc(NC(=O)C2CC2)c1)C1CCNC1. The molecule has 1 aliphatic heterocycles. The molecule has 6 nitrogen and oxygen atoms in total. The van der Waals surface area contributed by atoms with Crippen LogP contribution in [0.2, 0.25) is 0 Å². The number of nitrogens with one attached hydrogen (secondary N) is 2. The first-order valence-corrected chi connectivity index (χ1v) is 8.13. The zero-order valence-electron chi connectivity index (χ0n) is 13.4. The first-order valence-electron chi connectivity index (χ1n) is 8.13. The van der Waals surface area contributed by atoms with Crippen molar-refractivity contribution < 1.29 is 14.3 Å². The summed E-state index contributed by atoms with van der Waals surface area (Å²) in [7, 11) is 1.82. The fourth-order valence-corrected chi connectivity index (χ4v) is 2.67. The second-order valence-electron chi connectivity index (χ2n) is 6.23. The molecule has 2 N–H and O–H groups in total. The minimum absolute atomic E-state index is 0.00697. The van der Waals surface area contributed by atoms with Gasteiger partial charge in [0.2, 0.25) is 5.91 Å². The van der Waals surface area contributed by atoms with Crippen molar-refractivity contribution in [1.82, 2.24) is 10.2 Å². The molecule has 1 saturated carbocycles. The van der Waals surface area contributed by atoms with Crippen molar-refractivity contribution in [2.45, 2.75) is 25.3 Å². The molecule has 1 unspecified atom stereocenters. The smallest absolute Gasteiger partial charge is 0.260 e. The number of hydrogen-bond acceptors (Lipinski definition) is 4. The highest BCUT2D eigenvalue weighted by molar-refractivity contribution is 5.94. The predicted octanol–water partition coefficient (Wildman–Crippen LogP) is 1.23. The third kappa shape index (κ3) is 4.22. The van der Waals surface area contributed by atoms with Crippen molar-refractivity contribution in [3.63, 3.8) is 0 Å². The van der Waals surface area contributed by atoms with E-state index in [4.69, 9.17) is 4.74 Å². The van der Waals surface area contributed by atoms with E-state index in [-0.39, 0.29) is 30.4 Å². The zero-order valence-corrected chi connectivity index (χ0v) is 13.4. The van der Waals surface area contributed by atoms with E-state index in [1.54, 1.807) is 17.0 Å². The molecule has 1 aromatic rings. The van der Waals surface area contributed by atoms with Crippen LogP contribution < -0.4 is 15.4 Å². The maximum atomic E-state index is 12.2. The zero-order chi connectivity index (χ0) is 16.2. The van der Waals surface area contributed by atoms with Crippen molar-refractivity contribution in [2.24, 2.45) is 5.92 Å². The molecule has 2 amide bonds. The molecule has 1 heterocycles. The molecule has 0 aromatic heterocycles. The van der Waals surface area contributed by atoms with Gasteiger partial charge in [0.25, 0.3) is 5.91 Å². The van der Waals surface area contributed by atoms with E-state index in [0.717, 1.165) is 32.4 Å². The van der Waals surface area contributed by atoms with E-state index >= 15 is 0 Å². The molecule has 1 atom stereocenters.